The Bertz CT molecular complexity index is 838. The third-order valence-electron chi connectivity index (χ3n) is 4.89. The van der Waals surface area contributed by atoms with Crippen molar-refractivity contribution in [1.82, 2.24) is 9.88 Å². The highest BCUT2D eigenvalue weighted by Gasteiger charge is 2.23. The Morgan fingerprint density at radius 1 is 1.41 bits per heavy atom. The summed E-state index contributed by atoms with van der Waals surface area (Å²) in [4.78, 5) is 11.2. The Balaban J connectivity index is 1.74. The van der Waals surface area contributed by atoms with E-state index in [2.05, 4.69) is 38.9 Å². The van der Waals surface area contributed by atoms with Crippen molar-refractivity contribution in [2.45, 2.75) is 39.2 Å². The molecule has 0 fully saturated rings. The normalized spacial score (nSPS) is 16.3. The Labute approximate surface area is 169 Å². The SMILES string of the molecule is CCN(C)/C=N/c1cc(Br)c(OC2CCc3c(cccc3OC)C2)nc1C. The van der Waals surface area contributed by atoms with Gasteiger partial charge in [-0.25, -0.2) is 9.98 Å². The van der Waals surface area contributed by atoms with Crippen molar-refractivity contribution in [3.05, 3.63) is 45.6 Å². The lowest BCUT2D eigenvalue weighted by atomic mass is 9.89. The number of aliphatic imine (C=N–C) groups is 1. The van der Waals surface area contributed by atoms with Gasteiger partial charge in [-0.05, 0) is 65.9 Å². The summed E-state index contributed by atoms with van der Waals surface area (Å²) in [5, 5.41) is 0. The molecule has 1 aliphatic rings. The summed E-state index contributed by atoms with van der Waals surface area (Å²) < 4.78 is 12.6. The molecule has 0 saturated carbocycles. The number of pyridine rings is 1. The Kier molecular flexibility index (Phi) is 6.37. The fourth-order valence-electron chi connectivity index (χ4n) is 3.19. The van der Waals surface area contributed by atoms with Gasteiger partial charge in [0.2, 0.25) is 5.88 Å². The molecular weight excluding hydrogens is 406 g/mol. The molecule has 27 heavy (non-hydrogen) atoms. The van der Waals surface area contributed by atoms with Gasteiger partial charge in [0.25, 0.3) is 0 Å². The van der Waals surface area contributed by atoms with Gasteiger partial charge in [0.1, 0.15) is 11.9 Å². The van der Waals surface area contributed by atoms with Crippen LogP contribution < -0.4 is 9.47 Å². The van der Waals surface area contributed by atoms with Crippen molar-refractivity contribution in [1.29, 1.82) is 0 Å². The second-order valence-electron chi connectivity index (χ2n) is 6.78. The van der Waals surface area contributed by atoms with E-state index in [-0.39, 0.29) is 6.10 Å². The van der Waals surface area contributed by atoms with Crippen LogP contribution in [0.25, 0.3) is 0 Å². The minimum atomic E-state index is 0.105. The molecule has 0 radical (unpaired) electrons. The monoisotopic (exact) mass is 431 g/mol. The van der Waals surface area contributed by atoms with E-state index in [1.807, 2.05) is 43.4 Å². The first kappa shape index (κ1) is 19.7. The number of nitrogens with zero attached hydrogens (tertiary/aromatic N) is 3. The summed E-state index contributed by atoms with van der Waals surface area (Å²) in [6.45, 7) is 4.95. The van der Waals surface area contributed by atoms with Gasteiger partial charge < -0.3 is 14.4 Å². The fraction of sp³-hybridized carbons (Fsp3) is 0.429. The van der Waals surface area contributed by atoms with Crippen molar-refractivity contribution in [3.8, 4) is 11.6 Å². The zero-order valence-corrected chi connectivity index (χ0v) is 17.9. The van der Waals surface area contributed by atoms with Crippen molar-refractivity contribution in [2.24, 2.45) is 4.99 Å². The number of methoxy groups -OCH3 is 1. The van der Waals surface area contributed by atoms with Gasteiger partial charge in [0, 0.05) is 20.0 Å². The molecule has 2 aromatic rings. The van der Waals surface area contributed by atoms with Gasteiger partial charge >= 0.3 is 0 Å². The summed E-state index contributed by atoms with van der Waals surface area (Å²) in [6.07, 6.45) is 4.69. The first-order valence-corrected chi connectivity index (χ1v) is 10.0. The van der Waals surface area contributed by atoms with E-state index in [0.29, 0.717) is 5.88 Å². The van der Waals surface area contributed by atoms with E-state index in [0.717, 1.165) is 47.4 Å². The second kappa shape index (κ2) is 8.74. The Morgan fingerprint density at radius 3 is 2.96 bits per heavy atom. The first-order chi connectivity index (χ1) is 13.0. The molecule has 6 heteroatoms. The van der Waals surface area contributed by atoms with Gasteiger partial charge in [-0.2, -0.15) is 0 Å². The average molecular weight is 432 g/mol. The zero-order chi connectivity index (χ0) is 19.4. The molecule has 0 spiro atoms. The van der Waals surface area contributed by atoms with Crippen LogP contribution in [0.5, 0.6) is 11.6 Å². The van der Waals surface area contributed by atoms with Crippen LogP contribution in [0.3, 0.4) is 0 Å². The average Bonchev–Trinajstić information content (AvgIpc) is 2.68. The maximum atomic E-state index is 6.24. The highest BCUT2D eigenvalue weighted by molar-refractivity contribution is 9.10. The van der Waals surface area contributed by atoms with Crippen LogP contribution in [-0.4, -0.2) is 43.0 Å². The van der Waals surface area contributed by atoms with E-state index in [9.17, 15) is 0 Å². The van der Waals surface area contributed by atoms with E-state index in [1.165, 1.54) is 11.1 Å². The van der Waals surface area contributed by atoms with Crippen molar-refractivity contribution >= 4 is 28.0 Å². The number of fused-ring (bicyclic) bond motifs is 1. The molecule has 1 aliphatic carbocycles. The van der Waals surface area contributed by atoms with Crippen LogP contribution >= 0.6 is 15.9 Å². The van der Waals surface area contributed by atoms with Gasteiger partial charge in [0.15, 0.2) is 0 Å². The molecule has 0 amide bonds. The molecule has 1 unspecified atom stereocenters. The van der Waals surface area contributed by atoms with Crippen LogP contribution in [0.2, 0.25) is 0 Å². The summed E-state index contributed by atoms with van der Waals surface area (Å²) in [5.41, 5.74) is 4.29. The molecule has 1 atom stereocenters. The topological polar surface area (TPSA) is 47.0 Å². The molecule has 1 heterocycles. The standard InChI is InChI=1S/C21H26BrN3O2/c1-5-25(3)13-23-19-12-18(22)21(24-14(19)2)27-16-9-10-17-15(11-16)7-6-8-20(17)26-4/h6-8,12-13,16H,5,9-11H2,1-4H3/b23-13+. The van der Waals surface area contributed by atoms with Crippen molar-refractivity contribution in [2.75, 3.05) is 20.7 Å². The zero-order valence-electron chi connectivity index (χ0n) is 16.3. The van der Waals surface area contributed by atoms with Crippen molar-refractivity contribution in [3.63, 3.8) is 0 Å². The minimum absolute atomic E-state index is 0.105. The third kappa shape index (κ3) is 4.61. The van der Waals surface area contributed by atoms with Crippen molar-refractivity contribution < 1.29 is 9.47 Å². The van der Waals surface area contributed by atoms with Gasteiger partial charge in [-0.3, -0.25) is 0 Å². The molecule has 1 aromatic carbocycles. The maximum absolute atomic E-state index is 6.24. The van der Waals surface area contributed by atoms with Gasteiger partial charge in [-0.1, -0.05) is 12.1 Å². The molecule has 1 aromatic heterocycles. The van der Waals surface area contributed by atoms with Gasteiger partial charge in [0.05, 0.1) is 29.3 Å². The van der Waals surface area contributed by atoms with Gasteiger partial charge in [-0.15, -0.1) is 0 Å². The maximum Gasteiger partial charge on any atom is 0.228 e. The summed E-state index contributed by atoms with van der Waals surface area (Å²) in [6, 6.07) is 8.19. The number of ether oxygens (including phenoxy) is 2. The number of aromatic nitrogens is 1. The highest BCUT2D eigenvalue weighted by atomic mass is 79.9. The number of benzene rings is 1. The third-order valence-corrected chi connectivity index (χ3v) is 5.46. The summed E-state index contributed by atoms with van der Waals surface area (Å²) in [5.74, 6) is 1.60. The van der Waals surface area contributed by atoms with Crippen LogP contribution in [0, 0.1) is 6.92 Å². The molecule has 0 bridgehead atoms. The Hall–Kier alpha value is -2.08. The smallest absolute Gasteiger partial charge is 0.228 e. The molecular formula is C21H26BrN3O2. The lowest BCUT2D eigenvalue weighted by Gasteiger charge is -2.26. The number of halogens is 1. The molecule has 0 aliphatic heterocycles. The quantitative estimate of drug-likeness (QED) is 0.490. The van der Waals surface area contributed by atoms with Crippen LogP contribution in [-0.2, 0) is 12.8 Å². The predicted molar refractivity (Wildman–Crippen MR) is 113 cm³/mol. The summed E-state index contributed by atoms with van der Waals surface area (Å²) in [7, 11) is 3.72. The highest BCUT2D eigenvalue weighted by Crippen LogP contribution is 2.34. The number of hydrogen-bond donors (Lipinski definition) is 0. The van der Waals surface area contributed by atoms with E-state index in [4.69, 9.17) is 9.47 Å². The van der Waals surface area contributed by atoms with Crippen LogP contribution in [0.4, 0.5) is 5.69 Å². The van der Waals surface area contributed by atoms with E-state index in [1.54, 1.807) is 7.11 Å². The van der Waals surface area contributed by atoms with Crippen LogP contribution in [0.1, 0.15) is 30.2 Å². The Morgan fingerprint density at radius 2 is 2.22 bits per heavy atom. The molecule has 0 saturated heterocycles. The lowest BCUT2D eigenvalue weighted by molar-refractivity contribution is 0.175. The lowest BCUT2D eigenvalue weighted by Crippen LogP contribution is -2.26. The number of rotatable bonds is 6. The van der Waals surface area contributed by atoms with E-state index < -0.39 is 0 Å². The molecule has 0 N–H and O–H groups in total. The molecule has 5 nitrogen and oxygen atoms in total. The number of hydrogen-bond acceptors (Lipinski definition) is 4. The molecule has 144 valence electrons. The minimum Gasteiger partial charge on any atom is -0.496 e. The molecule has 3 rings (SSSR count). The van der Waals surface area contributed by atoms with Crippen LogP contribution in [0.15, 0.2) is 33.7 Å². The second-order valence-corrected chi connectivity index (χ2v) is 7.63. The first-order valence-electron chi connectivity index (χ1n) is 9.24. The number of aryl methyl sites for hydroxylation is 1. The van der Waals surface area contributed by atoms with E-state index >= 15 is 0 Å². The largest absolute Gasteiger partial charge is 0.496 e. The fourth-order valence-corrected chi connectivity index (χ4v) is 3.59. The predicted octanol–water partition coefficient (Wildman–Crippen LogP) is 4.71. The summed E-state index contributed by atoms with van der Waals surface area (Å²) >= 11 is 3.59.